The normalized spacial score (nSPS) is 17.9. The molecule has 0 saturated carbocycles. The molecule has 1 amide bonds. The fraction of sp³-hybridized carbons (Fsp3) is 0.381. The van der Waals surface area contributed by atoms with Crippen molar-refractivity contribution in [2.24, 2.45) is 0 Å². The first kappa shape index (κ1) is 18.7. The first-order valence-corrected chi connectivity index (χ1v) is 9.44. The zero-order valence-corrected chi connectivity index (χ0v) is 15.5. The van der Waals surface area contributed by atoms with Gasteiger partial charge in [-0.05, 0) is 35.7 Å². The maximum absolute atomic E-state index is 13.6. The number of cyclic esters (lactones) is 1. The highest BCUT2D eigenvalue weighted by atomic mass is 19.1. The molecule has 1 saturated heterocycles. The Labute approximate surface area is 163 Å². The van der Waals surface area contributed by atoms with E-state index in [1.54, 1.807) is 23.1 Å². The number of hydrogen-bond donors (Lipinski definition) is 1. The van der Waals surface area contributed by atoms with Crippen LogP contribution in [0.5, 0.6) is 5.75 Å². The van der Waals surface area contributed by atoms with Crippen LogP contribution in [0.3, 0.4) is 0 Å². The van der Waals surface area contributed by atoms with Crippen molar-refractivity contribution < 1.29 is 23.8 Å². The topological polar surface area (TPSA) is 62.2 Å². The number of fused-ring (bicyclic) bond motifs is 1. The van der Waals surface area contributed by atoms with Gasteiger partial charge in [0.15, 0.2) is 11.6 Å². The summed E-state index contributed by atoms with van der Waals surface area (Å²) in [7, 11) is 0. The number of hydrogen-bond acceptors (Lipinski definition) is 5. The molecule has 148 valence electrons. The number of halogens is 1. The summed E-state index contributed by atoms with van der Waals surface area (Å²) in [6.07, 6.45) is -0.231. The van der Waals surface area contributed by atoms with Crippen molar-refractivity contribution >= 4 is 11.8 Å². The lowest BCUT2D eigenvalue weighted by atomic mass is 9.97. The summed E-state index contributed by atoms with van der Waals surface area (Å²) in [5.74, 6) is -0.290. The van der Waals surface area contributed by atoms with Gasteiger partial charge in [0.1, 0.15) is 19.3 Å². The molecule has 2 aromatic rings. The summed E-state index contributed by atoms with van der Waals surface area (Å²) in [5, 5.41) is 10.3. The zero-order valence-electron chi connectivity index (χ0n) is 15.5. The molecular weight excluding hydrogens is 363 g/mol. The molecule has 2 aromatic carbocycles. The van der Waals surface area contributed by atoms with Crippen LogP contribution in [0.4, 0.5) is 14.9 Å². The van der Waals surface area contributed by atoms with Crippen LogP contribution in [-0.2, 0) is 17.7 Å². The van der Waals surface area contributed by atoms with E-state index in [2.05, 4.69) is 11.0 Å². The largest absolute Gasteiger partial charge is 0.488 e. The number of amides is 1. The van der Waals surface area contributed by atoms with E-state index in [0.717, 1.165) is 29.8 Å². The number of benzene rings is 2. The molecule has 1 fully saturated rings. The van der Waals surface area contributed by atoms with Crippen molar-refractivity contribution in [3.8, 4) is 5.75 Å². The third-order valence-electron chi connectivity index (χ3n) is 5.11. The Hall–Kier alpha value is -2.64. The molecule has 6 nitrogen and oxygen atoms in total. The molecule has 0 aromatic heterocycles. The highest BCUT2D eigenvalue weighted by molar-refractivity contribution is 5.90. The summed E-state index contributed by atoms with van der Waals surface area (Å²) in [6, 6.07) is 12.1. The van der Waals surface area contributed by atoms with E-state index in [1.165, 1.54) is 6.07 Å². The molecule has 2 aliphatic rings. The van der Waals surface area contributed by atoms with Gasteiger partial charge in [-0.2, -0.15) is 0 Å². The van der Waals surface area contributed by atoms with Crippen LogP contribution in [0.2, 0.25) is 0 Å². The summed E-state index contributed by atoms with van der Waals surface area (Å²) in [6.45, 7) is 2.91. The van der Waals surface area contributed by atoms with E-state index >= 15 is 0 Å². The molecule has 2 heterocycles. The van der Waals surface area contributed by atoms with Gasteiger partial charge in [0.05, 0.1) is 12.2 Å². The van der Waals surface area contributed by atoms with Gasteiger partial charge in [-0.25, -0.2) is 9.18 Å². The maximum Gasteiger partial charge on any atom is 0.414 e. The predicted octanol–water partition coefficient (Wildman–Crippen LogP) is 2.58. The molecule has 0 radical (unpaired) electrons. The summed E-state index contributed by atoms with van der Waals surface area (Å²) < 4.78 is 24.1. The summed E-state index contributed by atoms with van der Waals surface area (Å²) in [5.41, 5.74) is 3.23. The Kier molecular flexibility index (Phi) is 5.45. The lowest BCUT2D eigenvalue weighted by molar-refractivity contribution is 0.0625. The predicted molar refractivity (Wildman–Crippen MR) is 102 cm³/mol. The van der Waals surface area contributed by atoms with Crippen LogP contribution in [0.15, 0.2) is 42.5 Å². The average Bonchev–Trinajstić information content (AvgIpc) is 3.12. The number of carbonyl (C=O) groups is 1. The highest BCUT2D eigenvalue weighted by Crippen LogP contribution is 2.30. The number of aliphatic hydroxyl groups excluding tert-OH is 1. The van der Waals surface area contributed by atoms with Crippen molar-refractivity contribution in [3.05, 3.63) is 59.4 Å². The number of nitrogens with zero attached hydrogens (tertiary/aromatic N) is 2. The second kappa shape index (κ2) is 8.16. The minimum atomic E-state index is -0.724. The number of para-hydroxylation sites is 1. The zero-order chi connectivity index (χ0) is 19.5. The lowest BCUT2D eigenvalue weighted by Crippen LogP contribution is -2.39. The SMILES string of the molecule is O=C1OCCN1c1cccc2c1CCN(C[C@H](O)COc1ccccc1F)C2. The van der Waals surface area contributed by atoms with Gasteiger partial charge in [0.25, 0.3) is 0 Å². The van der Waals surface area contributed by atoms with E-state index in [4.69, 9.17) is 9.47 Å². The minimum Gasteiger partial charge on any atom is -0.488 e. The lowest BCUT2D eigenvalue weighted by Gasteiger charge is -2.32. The molecule has 0 unspecified atom stereocenters. The average molecular weight is 386 g/mol. The van der Waals surface area contributed by atoms with Crippen LogP contribution in [0.25, 0.3) is 0 Å². The van der Waals surface area contributed by atoms with Crippen LogP contribution in [0, 0.1) is 5.82 Å². The molecule has 0 spiro atoms. The highest BCUT2D eigenvalue weighted by Gasteiger charge is 2.28. The number of β-amino-alcohol motifs (C(OH)–C–C–N with tert-alkyl or cyclic N) is 1. The van der Waals surface area contributed by atoms with Gasteiger partial charge in [-0.15, -0.1) is 0 Å². The van der Waals surface area contributed by atoms with Crippen molar-refractivity contribution in [1.29, 1.82) is 0 Å². The number of carbonyl (C=O) groups excluding carboxylic acids is 1. The monoisotopic (exact) mass is 386 g/mol. The number of ether oxygens (including phenoxy) is 2. The second-order valence-electron chi connectivity index (χ2n) is 7.06. The molecule has 0 bridgehead atoms. The Balaban J connectivity index is 1.36. The third kappa shape index (κ3) is 3.95. The molecule has 1 N–H and O–H groups in total. The quantitative estimate of drug-likeness (QED) is 0.827. The molecule has 2 aliphatic heterocycles. The van der Waals surface area contributed by atoms with Crippen LogP contribution in [0.1, 0.15) is 11.1 Å². The Morgan fingerprint density at radius 2 is 2.04 bits per heavy atom. The van der Waals surface area contributed by atoms with Gasteiger partial charge in [-0.1, -0.05) is 24.3 Å². The van der Waals surface area contributed by atoms with Gasteiger partial charge in [-0.3, -0.25) is 9.80 Å². The first-order valence-electron chi connectivity index (χ1n) is 9.44. The van der Waals surface area contributed by atoms with Crippen LogP contribution >= 0.6 is 0 Å². The molecule has 4 rings (SSSR count). The molecule has 0 aliphatic carbocycles. The Morgan fingerprint density at radius 1 is 1.18 bits per heavy atom. The van der Waals surface area contributed by atoms with E-state index < -0.39 is 11.9 Å². The van der Waals surface area contributed by atoms with E-state index in [-0.39, 0.29) is 18.4 Å². The van der Waals surface area contributed by atoms with Crippen LogP contribution < -0.4 is 9.64 Å². The van der Waals surface area contributed by atoms with Crippen molar-refractivity contribution in [2.45, 2.75) is 19.1 Å². The Bertz CT molecular complexity index is 860. The molecule has 1 atom stereocenters. The molecule has 28 heavy (non-hydrogen) atoms. The maximum atomic E-state index is 13.6. The Morgan fingerprint density at radius 3 is 2.82 bits per heavy atom. The van der Waals surface area contributed by atoms with Crippen LogP contribution in [-0.4, -0.2) is 55.1 Å². The van der Waals surface area contributed by atoms with Crippen molar-refractivity contribution in [1.82, 2.24) is 4.90 Å². The number of anilines is 1. The van der Waals surface area contributed by atoms with Gasteiger partial charge < -0.3 is 14.6 Å². The third-order valence-corrected chi connectivity index (χ3v) is 5.11. The fourth-order valence-electron chi connectivity index (χ4n) is 3.77. The van der Waals surface area contributed by atoms with E-state index in [0.29, 0.717) is 26.2 Å². The first-order chi connectivity index (χ1) is 13.6. The molecule has 7 heteroatoms. The van der Waals surface area contributed by atoms with Gasteiger partial charge >= 0.3 is 6.09 Å². The smallest absolute Gasteiger partial charge is 0.414 e. The summed E-state index contributed by atoms with van der Waals surface area (Å²) >= 11 is 0. The number of aliphatic hydroxyl groups is 1. The fourth-order valence-corrected chi connectivity index (χ4v) is 3.77. The molecular formula is C21H23FN2O4. The van der Waals surface area contributed by atoms with Gasteiger partial charge in [0, 0.05) is 19.6 Å². The van der Waals surface area contributed by atoms with E-state index in [1.807, 2.05) is 12.1 Å². The van der Waals surface area contributed by atoms with Gasteiger partial charge in [0.2, 0.25) is 0 Å². The standard InChI is InChI=1S/C21H23FN2O4/c22-18-5-1-2-7-20(18)28-14-16(25)13-23-9-8-17-15(12-23)4-3-6-19(17)24-10-11-27-21(24)26/h1-7,16,25H,8-14H2/t16-/m0/s1. The second-order valence-corrected chi connectivity index (χ2v) is 7.06. The van der Waals surface area contributed by atoms with Crippen molar-refractivity contribution in [3.63, 3.8) is 0 Å². The number of rotatable bonds is 6. The summed E-state index contributed by atoms with van der Waals surface area (Å²) in [4.78, 5) is 15.7. The van der Waals surface area contributed by atoms with Crippen molar-refractivity contribution in [2.75, 3.05) is 37.7 Å². The van der Waals surface area contributed by atoms with E-state index in [9.17, 15) is 14.3 Å². The minimum absolute atomic E-state index is 0.0317.